The Kier molecular flexibility index (Phi) is 3.91. The Balaban J connectivity index is 2.20. The highest BCUT2D eigenvalue weighted by molar-refractivity contribution is 7.90. The van der Waals surface area contributed by atoms with E-state index in [1.807, 2.05) is 7.05 Å². The van der Waals surface area contributed by atoms with Gasteiger partial charge in [-0.15, -0.1) is 0 Å². The van der Waals surface area contributed by atoms with Gasteiger partial charge in [0.2, 0.25) is 0 Å². The summed E-state index contributed by atoms with van der Waals surface area (Å²) in [5.74, 6) is -0.0985. The molecule has 0 aromatic heterocycles. The maximum Gasteiger partial charge on any atom is 0.253 e. The Morgan fingerprint density at radius 3 is 2.37 bits per heavy atom. The summed E-state index contributed by atoms with van der Waals surface area (Å²) in [4.78, 5) is 16.4. The van der Waals surface area contributed by atoms with E-state index in [1.165, 1.54) is 12.1 Å². The first-order chi connectivity index (χ1) is 8.88. The molecule has 2 rings (SSSR count). The lowest BCUT2D eigenvalue weighted by molar-refractivity contribution is 0.0664. The van der Waals surface area contributed by atoms with E-state index in [9.17, 15) is 13.2 Å². The summed E-state index contributed by atoms with van der Waals surface area (Å²) < 4.78 is 23.0. The van der Waals surface area contributed by atoms with Crippen LogP contribution in [0.4, 0.5) is 0 Å². The number of sulfone groups is 1. The number of amides is 1. The van der Waals surface area contributed by atoms with E-state index in [0.717, 1.165) is 19.3 Å². The molecule has 0 aliphatic carbocycles. The SMILES string of the molecule is CN1CCN(C(=O)c2cccc(S(C)(=O)=O)c2)CC1. The van der Waals surface area contributed by atoms with E-state index in [0.29, 0.717) is 18.7 Å². The van der Waals surface area contributed by atoms with Gasteiger partial charge in [-0.3, -0.25) is 4.79 Å². The van der Waals surface area contributed by atoms with Crippen molar-refractivity contribution in [1.82, 2.24) is 9.80 Å². The van der Waals surface area contributed by atoms with Crippen LogP contribution in [0.15, 0.2) is 29.2 Å². The molecule has 6 heteroatoms. The van der Waals surface area contributed by atoms with Crippen LogP contribution < -0.4 is 0 Å². The smallest absolute Gasteiger partial charge is 0.253 e. The lowest BCUT2D eigenvalue weighted by Crippen LogP contribution is -2.47. The van der Waals surface area contributed by atoms with Crippen LogP contribution in [0.3, 0.4) is 0 Å². The van der Waals surface area contributed by atoms with Crippen LogP contribution in [0.2, 0.25) is 0 Å². The Morgan fingerprint density at radius 1 is 1.16 bits per heavy atom. The summed E-state index contributed by atoms with van der Waals surface area (Å²) in [6, 6.07) is 6.24. The Bertz CT molecular complexity index is 575. The second kappa shape index (κ2) is 5.30. The summed E-state index contributed by atoms with van der Waals surface area (Å²) in [6.45, 7) is 3.05. The number of piperazine rings is 1. The lowest BCUT2D eigenvalue weighted by Gasteiger charge is -2.32. The molecule has 1 amide bonds. The van der Waals surface area contributed by atoms with Gasteiger partial charge in [0.15, 0.2) is 9.84 Å². The van der Waals surface area contributed by atoms with Crippen molar-refractivity contribution in [3.63, 3.8) is 0 Å². The van der Waals surface area contributed by atoms with E-state index in [1.54, 1.807) is 17.0 Å². The molecule has 1 aliphatic rings. The van der Waals surface area contributed by atoms with E-state index < -0.39 is 9.84 Å². The molecule has 1 aliphatic heterocycles. The van der Waals surface area contributed by atoms with Crippen molar-refractivity contribution in [2.24, 2.45) is 0 Å². The molecule has 1 aromatic rings. The number of benzene rings is 1. The third kappa shape index (κ3) is 3.33. The minimum Gasteiger partial charge on any atom is -0.336 e. The van der Waals surface area contributed by atoms with Crippen LogP contribution in [0.5, 0.6) is 0 Å². The van der Waals surface area contributed by atoms with Gasteiger partial charge >= 0.3 is 0 Å². The van der Waals surface area contributed by atoms with Gasteiger partial charge in [-0.25, -0.2) is 8.42 Å². The molecule has 0 atom stereocenters. The average Bonchev–Trinajstić information content (AvgIpc) is 2.38. The second-order valence-corrected chi connectivity index (χ2v) is 6.91. The van der Waals surface area contributed by atoms with E-state index in [2.05, 4.69) is 4.90 Å². The molecule has 1 heterocycles. The summed E-state index contributed by atoms with van der Waals surface area (Å²) in [5, 5.41) is 0. The predicted octanol–water partition coefficient (Wildman–Crippen LogP) is 0.478. The van der Waals surface area contributed by atoms with Gasteiger partial charge in [-0.1, -0.05) is 6.07 Å². The first kappa shape index (κ1) is 14.0. The molecule has 0 spiro atoms. The standard InChI is InChI=1S/C13H18N2O3S/c1-14-6-8-15(9-7-14)13(16)11-4-3-5-12(10-11)19(2,17)18/h3-5,10H,6-9H2,1-2H3. The number of nitrogens with zero attached hydrogens (tertiary/aromatic N) is 2. The van der Waals surface area contributed by atoms with Crippen LogP contribution in [0.1, 0.15) is 10.4 Å². The number of hydrogen-bond acceptors (Lipinski definition) is 4. The zero-order chi connectivity index (χ0) is 14.0. The number of carbonyl (C=O) groups excluding carboxylic acids is 1. The van der Waals surface area contributed by atoms with Crippen LogP contribution >= 0.6 is 0 Å². The molecule has 1 saturated heterocycles. The topological polar surface area (TPSA) is 57.7 Å². The number of likely N-dealkylation sites (N-methyl/N-ethyl adjacent to an activating group) is 1. The van der Waals surface area contributed by atoms with Crippen LogP contribution in [-0.4, -0.2) is 63.6 Å². The van der Waals surface area contributed by atoms with E-state index in [4.69, 9.17) is 0 Å². The fraction of sp³-hybridized carbons (Fsp3) is 0.462. The first-order valence-electron chi connectivity index (χ1n) is 6.16. The molecule has 0 radical (unpaired) electrons. The molecule has 0 N–H and O–H groups in total. The highest BCUT2D eigenvalue weighted by Crippen LogP contribution is 2.14. The van der Waals surface area contributed by atoms with Gasteiger partial charge in [0.25, 0.3) is 5.91 Å². The van der Waals surface area contributed by atoms with Gasteiger partial charge in [0, 0.05) is 38.0 Å². The minimum absolute atomic E-state index is 0.0985. The summed E-state index contributed by atoms with van der Waals surface area (Å²) in [7, 11) is -1.26. The average molecular weight is 282 g/mol. The fourth-order valence-corrected chi connectivity index (χ4v) is 2.72. The number of hydrogen-bond donors (Lipinski definition) is 0. The molecule has 104 valence electrons. The van der Waals surface area contributed by atoms with E-state index >= 15 is 0 Å². The highest BCUT2D eigenvalue weighted by atomic mass is 32.2. The van der Waals surface area contributed by atoms with Gasteiger partial charge in [-0.05, 0) is 25.2 Å². The summed E-state index contributed by atoms with van der Waals surface area (Å²) in [5.41, 5.74) is 0.437. The number of rotatable bonds is 2. The Hall–Kier alpha value is -1.40. The maximum atomic E-state index is 12.3. The van der Waals surface area contributed by atoms with Crippen LogP contribution in [-0.2, 0) is 9.84 Å². The molecule has 1 fully saturated rings. The third-order valence-electron chi connectivity index (χ3n) is 3.30. The van der Waals surface area contributed by atoms with Crippen molar-refractivity contribution in [3.8, 4) is 0 Å². The van der Waals surface area contributed by atoms with Gasteiger partial charge in [0.05, 0.1) is 4.90 Å². The van der Waals surface area contributed by atoms with Crippen molar-refractivity contribution in [2.45, 2.75) is 4.90 Å². The molecule has 0 saturated carbocycles. The molecule has 5 nitrogen and oxygen atoms in total. The van der Waals surface area contributed by atoms with Gasteiger partial charge < -0.3 is 9.80 Å². The van der Waals surface area contributed by atoms with Crippen LogP contribution in [0, 0.1) is 0 Å². The second-order valence-electron chi connectivity index (χ2n) is 4.90. The van der Waals surface area contributed by atoms with Crippen LogP contribution in [0.25, 0.3) is 0 Å². The van der Waals surface area contributed by atoms with Crippen molar-refractivity contribution in [2.75, 3.05) is 39.5 Å². The molecule has 1 aromatic carbocycles. The minimum atomic E-state index is -3.28. The monoisotopic (exact) mass is 282 g/mol. The third-order valence-corrected chi connectivity index (χ3v) is 4.41. The quantitative estimate of drug-likeness (QED) is 0.791. The first-order valence-corrected chi connectivity index (χ1v) is 8.05. The normalized spacial score (nSPS) is 17.5. The highest BCUT2D eigenvalue weighted by Gasteiger charge is 2.21. The molecule has 0 unspecified atom stereocenters. The maximum absolute atomic E-state index is 12.3. The number of carbonyl (C=O) groups is 1. The zero-order valence-electron chi connectivity index (χ0n) is 11.2. The largest absolute Gasteiger partial charge is 0.336 e. The van der Waals surface area contributed by atoms with Crippen molar-refractivity contribution >= 4 is 15.7 Å². The molecular weight excluding hydrogens is 264 g/mol. The molecule has 0 bridgehead atoms. The van der Waals surface area contributed by atoms with Gasteiger partial charge in [0.1, 0.15) is 0 Å². The molecular formula is C13H18N2O3S. The fourth-order valence-electron chi connectivity index (χ4n) is 2.05. The van der Waals surface area contributed by atoms with Crippen molar-refractivity contribution in [1.29, 1.82) is 0 Å². The Labute approximate surface area is 113 Å². The summed E-state index contributed by atoms with van der Waals surface area (Å²) in [6.07, 6.45) is 1.15. The van der Waals surface area contributed by atoms with Crippen molar-refractivity contribution < 1.29 is 13.2 Å². The molecule has 19 heavy (non-hydrogen) atoms. The Morgan fingerprint density at radius 2 is 1.79 bits per heavy atom. The zero-order valence-corrected chi connectivity index (χ0v) is 12.0. The predicted molar refractivity (Wildman–Crippen MR) is 73.0 cm³/mol. The van der Waals surface area contributed by atoms with E-state index in [-0.39, 0.29) is 10.8 Å². The van der Waals surface area contributed by atoms with Crippen molar-refractivity contribution in [3.05, 3.63) is 29.8 Å². The summed E-state index contributed by atoms with van der Waals surface area (Å²) >= 11 is 0. The lowest BCUT2D eigenvalue weighted by atomic mass is 10.2. The van der Waals surface area contributed by atoms with Gasteiger partial charge in [-0.2, -0.15) is 0 Å².